The van der Waals surface area contributed by atoms with Crippen molar-refractivity contribution in [3.8, 4) is 0 Å². The number of hydrogen-bond acceptors (Lipinski definition) is 6. The van der Waals surface area contributed by atoms with Crippen molar-refractivity contribution in [3.05, 3.63) is 0 Å². The van der Waals surface area contributed by atoms with E-state index in [1.54, 1.807) is 21.3 Å². The zero-order valence-corrected chi connectivity index (χ0v) is 19.7. The van der Waals surface area contributed by atoms with E-state index in [1.807, 2.05) is 0 Å². The topological polar surface area (TPSA) is 99.1 Å². The summed E-state index contributed by atoms with van der Waals surface area (Å²) in [6, 6.07) is 0.694. The summed E-state index contributed by atoms with van der Waals surface area (Å²) in [5.41, 5.74) is 0. The van der Waals surface area contributed by atoms with Gasteiger partial charge in [-0.3, -0.25) is 9.35 Å². The molecule has 1 saturated heterocycles. The van der Waals surface area contributed by atoms with Crippen LogP contribution in [0.3, 0.4) is 0 Å². The van der Waals surface area contributed by atoms with E-state index in [9.17, 15) is 13.2 Å². The Balaban J connectivity index is 3.03. The van der Waals surface area contributed by atoms with Gasteiger partial charge in [-0.15, -0.1) is 0 Å². The van der Waals surface area contributed by atoms with Crippen LogP contribution in [-0.2, 0) is 28.5 Å². The van der Waals surface area contributed by atoms with E-state index < -0.39 is 23.9 Å². The minimum Gasteiger partial charge on any atom is -0.396 e. The van der Waals surface area contributed by atoms with Crippen LogP contribution in [0.1, 0.15) is 71.1 Å². The molecule has 0 bridgehead atoms. The van der Waals surface area contributed by atoms with Crippen molar-refractivity contribution >= 4 is 24.5 Å². The smallest absolute Gasteiger partial charge is 0.371 e. The Hall–Kier alpha value is -0.323. The summed E-state index contributed by atoms with van der Waals surface area (Å²) in [4.78, 5) is 13.1. The first-order chi connectivity index (χ1) is 13.2. The molecule has 1 aliphatic heterocycles. The number of rotatable bonds is 14. The van der Waals surface area contributed by atoms with E-state index in [4.69, 9.17) is 18.1 Å². The van der Waals surface area contributed by atoms with Crippen LogP contribution >= 0.6 is 0 Å². The molecular weight excluding hydrogens is 400 g/mol. The fourth-order valence-electron chi connectivity index (χ4n) is 4.66. The quantitative estimate of drug-likeness (QED) is 0.251. The van der Waals surface area contributed by atoms with Crippen molar-refractivity contribution in [3.63, 3.8) is 0 Å². The Morgan fingerprint density at radius 3 is 2.29 bits per heavy atom. The average molecular weight is 439 g/mol. The molecule has 0 saturated carbocycles. The summed E-state index contributed by atoms with van der Waals surface area (Å²) in [6.07, 6.45) is 7.87. The Kier molecular flexibility index (Phi) is 10.8. The lowest BCUT2D eigenvalue weighted by Gasteiger charge is -2.52. The van der Waals surface area contributed by atoms with Gasteiger partial charge >= 0.3 is 8.56 Å². The highest BCUT2D eigenvalue weighted by Crippen LogP contribution is 2.47. The van der Waals surface area contributed by atoms with Crippen molar-refractivity contribution in [2.24, 2.45) is 5.92 Å². The lowest BCUT2D eigenvalue weighted by Crippen LogP contribution is -2.69. The predicted molar refractivity (Wildman–Crippen MR) is 111 cm³/mol. The number of unbranched alkanes of at least 4 members (excludes halogenated alkanes) is 4. The summed E-state index contributed by atoms with van der Waals surface area (Å²) in [6.45, 7) is 2.16. The van der Waals surface area contributed by atoms with Crippen molar-refractivity contribution in [1.82, 2.24) is 0 Å². The van der Waals surface area contributed by atoms with Crippen LogP contribution in [-0.4, -0.2) is 59.6 Å². The highest BCUT2D eigenvalue weighted by molar-refractivity contribution is 7.85. The summed E-state index contributed by atoms with van der Waals surface area (Å²) in [7, 11) is -2.26. The molecule has 28 heavy (non-hydrogen) atoms. The lowest BCUT2D eigenvalue weighted by atomic mass is 9.86. The number of carbonyl (C=O) groups is 1. The Morgan fingerprint density at radius 2 is 1.75 bits per heavy atom. The monoisotopic (exact) mass is 438 g/mol. The predicted octanol–water partition coefficient (Wildman–Crippen LogP) is 3.65. The molecule has 1 aliphatic rings. The van der Waals surface area contributed by atoms with E-state index in [0.29, 0.717) is 25.3 Å². The minimum atomic E-state index is -4.08. The highest BCUT2D eigenvalue weighted by Gasteiger charge is 2.64. The van der Waals surface area contributed by atoms with E-state index in [2.05, 4.69) is 6.92 Å². The van der Waals surface area contributed by atoms with E-state index >= 15 is 0 Å². The van der Waals surface area contributed by atoms with Gasteiger partial charge in [-0.1, -0.05) is 39.0 Å². The molecule has 1 heterocycles. The molecule has 2 atom stereocenters. The molecule has 1 rings (SSSR count). The number of methoxy groups -OCH3 is 1. The molecule has 0 aromatic heterocycles. The van der Waals surface area contributed by atoms with Gasteiger partial charge < -0.3 is 13.6 Å². The van der Waals surface area contributed by atoms with Crippen LogP contribution in [0.15, 0.2) is 0 Å². The fourth-order valence-corrected chi connectivity index (χ4v) is 9.23. The maximum atomic E-state index is 13.1. The van der Waals surface area contributed by atoms with Gasteiger partial charge in [0, 0.05) is 33.7 Å². The largest absolute Gasteiger partial charge is 0.396 e. The van der Waals surface area contributed by atoms with E-state index in [1.165, 1.54) is 6.42 Å². The second-order valence-corrected chi connectivity index (χ2v) is 13.0. The van der Waals surface area contributed by atoms with Crippen molar-refractivity contribution < 1.29 is 31.4 Å². The summed E-state index contributed by atoms with van der Waals surface area (Å²) < 4.78 is 49.3. The van der Waals surface area contributed by atoms with Crippen molar-refractivity contribution in [1.29, 1.82) is 0 Å². The van der Waals surface area contributed by atoms with E-state index in [-0.39, 0.29) is 23.9 Å². The zero-order valence-electron chi connectivity index (χ0n) is 17.9. The third-order valence-corrected chi connectivity index (χ3v) is 11.3. The van der Waals surface area contributed by atoms with Gasteiger partial charge in [-0.2, -0.15) is 8.42 Å². The average Bonchev–Trinajstić information content (AvgIpc) is 2.66. The van der Waals surface area contributed by atoms with Gasteiger partial charge in [0.05, 0.1) is 5.75 Å². The second-order valence-electron chi connectivity index (χ2n) is 7.72. The summed E-state index contributed by atoms with van der Waals surface area (Å²) >= 11 is 0. The highest BCUT2D eigenvalue weighted by atomic mass is 32.2. The number of Topliss-reactive ketones (excluding diaryl/α,β-unsaturated/α-hetero) is 1. The van der Waals surface area contributed by atoms with Gasteiger partial charge in [0.25, 0.3) is 10.1 Å². The Morgan fingerprint density at radius 1 is 1.11 bits per heavy atom. The fraction of sp³-hybridized carbons (Fsp3) is 0.947. The van der Waals surface area contributed by atoms with Crippen LogP contribution < -0.4 is 0 Å². The molecular formula is C19H38O7SSi. The lowest BCUT2D eigenvalue weighted by molar-refractivity contribution is -0.135. The molecule has 7 nitrogen and oxygen atoms in total. The molecule has 0 amide bonds. The molecule has 2 unspecified atom stereocenters. The van der Waals surface area contributed by atoms with Crippen molar-refractivity contribution in [2.45, 2.75) is 82.4 Å². The first-order valence-electron chi connectivity index (χ1n) is 10.3. The molecule has 0 radical (unpaired) electrons. The number of carbonyl (C=O) groups excluding carboxylic acids is 1. The van der Waals surface area contributed by atoms with Crippen LogP contribution in [0.25, 0.3) is 0 Å². The van der Waals surface area contributed by atoms with Crippen LogP contribution in [0.4, 0.5) is 0 Å². The van der Waals surface area contributed by atoms with Gasteiger partial charge in [0.15, 0.2) is 0 Å². The minimum absolute atomic E-state index is 0.149. The molecule has 166 valence electrons. The third-order valence-electron chi connectivity index (χ3n) is 6.10. The molecule has 0 aliphatic carbocycles. The number of ether oxygens (including phenoxy) is 1. The molecule has 9 heteroatoms. The third kappa shape index (κ3) is 6.34. The van der Waals surface area contributed by atoms with Gasteiger partial charge in [-0.25, -0.2) is 0 Å². The molecule has 0 spiro atoms. The number of ketones is 1. The first kappa shape index (κ1) is 25.7. The van der Waals surface area contributed by atoms with Gasteiger partial charge in [0.2, 0.25) is 0 Å². The molecule has 0 aromatic carbocycles. The number of hydrogen-bond donors (Lipinski definition) is 1. The van der Waals surface area contributed by atoms with Gasteiger partial charge in [0.1, 0.15) is 11.0 Å². The standard InChI is InChI=1S/C19H38O7SSi/c1-5-6-7-8-9-13-18(20)17-12-10-16-28(25-3,26-4)19(17,24-2)14-11-15-27(21,22)23/h17H,5-16H2,1-4H3,(H,21,22,23). The Labute approximate surface area is 171 Å². The summed E-state index contributed by atoms with van der Waals surface area (Å²) in [5.74, 6) is -0.588. The molecule has 1 N–H and O–H groups in total. The maximum Gasteiger partial charge on any atom is 0.371 e. The van der Waals surface area contributed by atoms with Crippen LogP contribution in [0.5, 0.6) is 0 Å². The first-order valence-corrected chi connectivity index (χ1v) is 14.0. The SMILES string of the molecule is CCCCCCCC(=O)C1CCC[Si](OC)(OC)C1(CCCS(=O)(=O)O)OC. The normalized spacial score (nSPS) is 25.0. The van der Waals surface area contributed by atoms with Gasteiger partial charge in [-0.05, 0) is 31.7 Å². The summed E-state index contributed by atoms with van der Waals surface area (Å²) in [5, 5.41) is -0.945. The molecule has 1 fully saturated rings. The van der Waals surface area contributed by atoms with Crippen LogP contribution in [0, 0.1) is 5.92 Å². The van der Waals surface area contributed by atoms with Crippen molar-refractivity contribution in [2.75, 3.05) is 27.1 Å². The molecule has 0 aromatic rings. The second kappa shape index (κ2) is 11.8. The Bertz CT molecular complexity index is 577. The maximum absolute atomic E-state index is 13.1. The van der Waals surface area contributed by atoms with Crippen LogP contribution in [0.2, 0.25) is 6.04 Å². The van der Waals surface area contributed by atoms with E-state index in [0.717, 1.165) is 32.1 Å². The zero-order chi connectivity index (χ0) is 21.3.